The van der Waals surface area contributed by atoms with E-state index in [0.717, 1.165) is 0 Å². The zero-order chi connectivity index (χ0) is 21.4. The zero-order valence-electron chi connectivity index (χ0n) is 11.7. The lowest BCUT2D eigenvalue weighted by Crippen LogP contribution is -1.78. The van der Waals surface area contributed by atoms with Crippen LogP contribution in [0, 0.1) is 0 Å². The molecule has 0 spiro atoms. The van der Waals surface area contributed by atoms with Gasteiger partial charge in [-0.25, -0.2) is 0 Å². The Morgan fingerprint density at radius 2 is 0.667 bits per heavy atom. The number of carbonyl (C=O) groups excluding carboxylic acids is 3. The van der Waals surface area contributed by atoms with Gasteiger partial charge in [0.1, 0.15) is 0 Å². The molecule has 1 rings (SSSR count). The summed E-state index contributed by atoms with van der Waals surface area (Å²) in [4.78, 5) is 31.9. The predicted octanol–water partition coefficient (Wildman–Crippen LogP) is 9.23. The van der Waals surface area contributed by atoms with Crippen LogP contribution >= 0.6 is 46.0 Å². The number of nitrogens with zero attached hydrogens (tertiary/aromatic N) is 6. The summed E-state index contributed by atoms with van der Waals surface area (Å²) in [5, 5.41) is 0. The van der Waals surface area contributed by atoms with Gasteiger partial charge in [0.25, 0.3) is 0 Å². The second kappa shape index (κ2) is 7.88. The van der Waals surface area contributed by atoms with Crippen LogP contribution < -0.4 is 0 Å². The van der Waals surface area contributed by atoms with Crippen molar-refractivity contribution in [2.45, 2.75) is 0 Å². The van der Waals surface area contributed by atoms with Crippen LogP contribution in [0.4, 0.5) is 37.8 Å². The molecule has 0 aromatic carbocycles. The molecule has 0 radical (unpaired) electrons. The maximum atomic E-state index is 14.2. The molecule has 9 nitrogen and oxygen atoms in total. The van der Waals surface area contributed by atoms with Crippen LogP contribution in [0.3, 0.4) is 0 Å². The van der Waals surface area contributed by atoms with Crippen molar-refractivity contribution in [3.8, 4) is 0 Å². The molecule has 27 heavy (non-hydrogen) atoms. The van der Waals surface area contributed by atoms with Gasteiger partial charge in [-0.3, -0.25) is 14.4 Å². The van der Waals surface area contributed by atoms with Gasteiger partial charge in [0, 0.05) is 0 Å². The first-order valence-electron chi connectivity index (χ1n) is 5.40. The molecule has 0 saturated heterocycles. The lowest BCUT2D eigenvalue weighted by molar-refractivity contribution is 0.566. The quantitative estimate of drug-likeness (QED) is 0.206. The average molecular weight is 528 g/mol. The van der Waals surface area contributed by atoms with E-state index in [0.29, 0.717) is 0 Å². The summed E-state index contributed by atoms with van der Waals surface area (Å²) in [5.74, 6) is 0. The molecule has 0 aromatic rings. The molecule has 0 amide bonds. The highest BCUT2D eigenvalue weighted by molar-refractivity contribution is 7.91. The lowest BCUT2D eigenvalue weighted by Gasteiger charge is -2.12. The minimum Gasteiger partial charge on any atom is -0.292 e. The van der Waals surface area contributed by atoms with E-state index in [1.165, 1.54) is 9.03 Å². The Morgan fingerprint density at radius 1 is 0.407 bits per heavy atom. The summed E-state index contributed by atoms with van der Waals surface area (Å²) in [7, 11) is -39.2. The SMILES string of the molecule is O=CP1(F)=NP(F)(F)=NP(F)(F)=NP(F)(F)=NP(F)(C=O)=NP(F)(C=O)=N1. The average Bonchev–Trinajstić information content (AvgIpc) is 2.41. The van der Waals surface area contributed by atoms with Gasteiger partial charge < -0.3 is 0 Å². The van der Waals surface area contributed by atoms with Crippen LogP contribution in [0.2, 0.25) is 0 Å². The molecule has 3 unspecified atom stereocenters. The molecule has 0 saturated carbocycles. The van der Waals surface area contributed by atoms with E-state index in [4.69, 9.17) is 0 Å². The molecule has 0 fully saturated rings. The van der Waals surface area contributed by atoms with E-state index in [9.17, 15) is 52.2 Å². The van der Waals surface area contributed by atoms with Crippen molar-refractivity contribution < 1.29 is 52.2 Å². The highest BCUT2D eigenvalue weighted by atomic mass is 31.3. The second-order valence-corrected chi connectivity index (χ2v) is 15.0. The Balaban J connectivity index is 4.32. The molecule has 0 aliphatic carbocycles. The summed E-state index contributed by atoms with van der Waals surface area (Å²) >= 11 is 0. The Kier molecular flexibility index (Phi) is 7.24. The van der Waals surface area contributed by atoms with Crippen molar-refractivity contribution >= 4 is 64.1 Å². The molecule has 0 N–H and O–H groups in total. The van der Waals surface area contributed by atoms with Crippen molar-refractivity contribution in [1.29, 1.82) is 0 Å². The standard InChI is InChI=1S/C3H3F9N6O3P6/c4-22(1-19)13-23(5,2-20)15-25(7,8)17-27(11,12)18-26(9,10)16-24(6,3-21)14-22/h1-3H. The number of hydrogen-bond donors (Lipinski definition) is 0. The first-order chi connectivity index (χ1) is 11.9. The van der Waals surface area contributed by atoms with Crippen molar-refractivity contribution in [3.05, 3.63) is 0 Å². The van der Waals surface area contributed by atoms with E-state index in [1.807, 2.05) is 9.03 Å². The maximum Gasteiger partial charge on any atom is 0.425 e. The van der Waals surface area contributed by atoms with Gasteiger partial charge in [-0.1, -0.05) is 0 Å². The predicted molar refractivity (Wildman–Crippen MR) is 86.3 cm³/mol. The Hall–Kier alpha value is -0.240. The van der Waals surface area contributed by atoms with Crippen LogP contribution in [0.25, 0.3) is 0 Å². The molecular formula is C3H3F9N6O3P6. The van der Waals surface area contributed by atoms with Gasteiger partial charge >= 0.3 is 46.0 Å². The zero-order valence-corrected chi connectivity index (χ0v) is 17.1. The fourth-order valence-electron chi connectivity index (χ4n) is 1.15. The van der Waals surface area contributed by atoms with Gasteiger partial charge in [0.15, 0.2) is 0 Å². The number of hydrogen-bond acceptors (Lipinski definition) is 9. The summed E-state index contributed by atoms with van der Waals surface area (Å²) in [6, 6.07) is -3.48. The van der Waals surface area contributed by atoms with Gasteiger partial charge in [-0.15, -0.1) is 43.2 Å². The molecule has 156 valence electrons. The number of rotatable bonds is 3. The first-order valence-corrected chi connectivity index (χ1v) is 14.8. The Bertz CT molecular complexity index is 1000. The molecule has 1 heterocycles. The van der Waals surface area contributed by atoms with Crippen LogP contribution in [0.5, 0.6) is 0 Å². The monoisotopic (exact) mass is 528 g/mol. The molecular weight excluding hydrogens is 525 g/mol. The van der Waals surface area contributed by atoms with Crippen molar-refractivity contribution in [1.82, 2.24) is 0 Å². The lowest BCUT2D eigenvalue weighted by atomic mass is 11.8. The van der Waals surface area contributed by atoms with Gasteiger partial charge in [0.2, 0.25) is 18.1 Å². The largest absolute Gasteiger partial charge is 0.425 e. The normalized spacial score (nSPS) is 37.7. The highest BCUT2D eigenvalue weighted by Gasteiger charge is 2.39. The van der Waals surface area contributed by atoms with Crippen LogP contribution in [0.1, 0.15) is 0 Å². The van der Waals surface area contributed by atoms with Gasteiger partial charge in [0.05, 0.1) is 0 Å². The van der Waals surface area contributed by atoms with Crippen LogP contribution in [-0.4, -0.2) is 18.1 Å². The smallest absolute Gasteiger partial charge is 0.292 e. The Labute approximate surface area is 144 Å². The van der Waals surface area contributed by atoms with E-state index in [2.05, 4.69) is 0 Å². The van der Waals surface area contributed by atoms with Crippen LogP contribution in [-0.2, 0) is 14.4 Å². The third-order valence-corrected chi connectivity index (χ3v) is 13.8. The topological polar surface area (TPSA) is 125 Å². The van der Waals surface area contributed by atoms with Gasteiger partial charge in [-0.2, -0.15) is 21.6 Å². The number of halogens is 9. The third kappa shape index (κ3) is 7.26. The second-order valence-electron chi connectivity index (χ2n) is 3.93. The van der Waals surface area contributed by atoms with Crippen molar-refractivity contribution in [3.63, 3.8) is 0 Å². The molecule has 0 aromatic heterocycles. The fourth-order valence-corrected chi connectivity index (χ4v) is 12.3. The summed E-state index contributed by atoms with van der Waals surface area (Å²) in [6.45, 7) is 0. The van der Waals surface area contributed by atoms with Crippen molar-refractivity contribution in [2.75, 3.05) is 0 Å². The fraction of sp³-hybridized carbons (Fsp3) is 0. The molecule has 24 heteroatoms. The minimum atomic E-state index is -7.01. The molecule has 1 aliphatic rings. The molecule has 0 bridgehead atoms. The van der Waals surface area contributed by atoms with E-state index >= 15 is 0 Å². The summed E-state index contributed by atoms with van der Waals surface area (Å²) in [5.41, 5.74) is 0. The van der Waals surface area contributed by atoms with E-state index < -0.39 is 64.1 Å². The summed E-state index contributed by atoms with van der Waals surface area (Å²) in [6.07, 6.45) is 0. The van der Waals surface area contributed by atoms with Gasteiger partial charge in [-0.05, 0) is 0 Å². The van der Waals surface area contributed by atoms with Crippen LogP contribution in [0.15, 0.2) is 27.1 Å². The maximum absolute atomic E-state index is 14.2. The summed E-state index contributed by atoms with van der Waals surface area (Å²) < 4.78 is 133. The molecule has 1 aliphatic heterocycles. The Morgan fingerprint density at radius 3 is 1.04 bits per heavy atom. The van der Waals surface area contributed by atoms with Crippen molar-refractivity contribution in [2.24, 2.45) is 27.1 Å². The first kappa shape index (κ1) is 24.8. The number of carbonyl (C=O) groups is 3. The minimum absolute atomic E-state index is 1.12. The highest BCUT2D eigenvalue weighted by Crippen LogP contribution is 2.81. The molecule has 3 atom stereocenters. The third-order valence-electron chi connectivity index (χ3n) is 1.80. The van der Waals surface area contributed by atoms with E-state index in [1.54, 1.807) is 9.03 Å². The van der Waals surface area contributed by atoms with E-state index in [-0.39, 0.29) is 0 Å².